The van der Waals surface area contributed by atoms with Gasteiger partial charge in [0.25, 0.3) is 10.0 Å². The van der Waals surface area contributed by atoms with Crippen LogP contribution in [-0.2, 0) is 13.1 Å². The summed E-state index contributed by atoms with van der Waals surface area (Å²) >= 11 is 3.79. The molecule has 0 aliphatic heterocycles. The van der Waals surface area contributed by atoms with E-state index in [2.05, 4.69) is 197 Å². The van der Waals surface area contributed by atoms with E-state index >= 15 is 0 Å². The number of rotatable bonds is 19. The van der Waals surface area contributed by atoms with E-state index in [4.69, 9.17) is 0 Å². The molecule has 56 heavy (non-hydrogen) atoms. The van der Waals surface area contributed by atoms with Crippen LogP contribution in [0.2, 0.25) is 0 Å². The number of aromatic nitrogens is 2. The molecule has 4 aromatic carbocycles. The maximum atomic E-state index is 2.53. The summed E-state index contributed by atoms with van der Waals surface area (Å²) in [7, 11) is 18.0. The molecule has 294 valence electrons. The number of para-hydroxylation sites is 2. The molecule has 0 aliphatic rings. The van der Waals surface area contributed by atoms with Gasteiger partial charge in [-0.15, -0.1) is 0 Å². The summed E-state index contributed by atoms with van der Waals surface area (Å²) < 4.78 is 9.91. The van der Waals surface area contributed by atoms with Gasteiger partial charge < -0.3 is 18.8 Å². The SMILES string of the molecule is CN(C)c1ccc(/C=C/c2sc3ccccc3[n+]2CCCC[N+](C)(C)CC[N+](C)(C)CCCC[n+]2c(/C=C/c3ccc(N(C)C)cc3)sc3ccccc32)cc1. The van der Waals surface area contributed by atoms with Crippen LogP contribution in [0.3, 0.4) is 0 Å². The van der Waals surface area contributed by atoms with E-state index in [1.54, 1.807) is 0 Å². The molecule has 0 atom stereocenters. The van der Waals surface area contributed by atoms with Crippen LogP contribution in [0.4, 0.5) is 11.4 Å². The monoisotopic (exact) mass is 788 g/mol. The lowest BCUT2D eigenvalue weighted by molar-refractivity contribution is -0.946. The third-order valence-electron chi connectivity index (χ3n) is 11.0. The maximum Gasteiger partial charge on any atom is 0.262 e. The normalized spacial score (nSPS) is 12.5. The van der Waals surface area contributed by atoms with Crippen LogP contribution in [0.1, 0.15) is 46.8 Å². The van der Waals surface area contributed by atoms with Crippen molar-refractivity contribution in [1.82, 2.24) is 0 Å². The molecule has 0 radical (unpaired) electrons. The standard InChI is InChI=1S/C48H64N6S2/c1-49(2)41-27-21-39(22-28-41)25-31-47-51(43-17-9-11-19-45(43)55-47)33-13-15-35-53(5,6)37-38-54(7,8)36-16-14-34-52-44-18-10-12-20-46(44)56-48(52)32-26-40-23-29-42(30-24-40)50(3)4/h9-12,17-32H,13-16,33-38H2,1-8H3/q+4. The second-order valence-corrected chi connectivity index (χ2v) is 19.1. The lowest BCUT2D eigenvalue weighted by atomic mass is 10.2. The van der Waals surface area contributed by atoms with Crippen molar-refractivity contribution in [2.75, 3.05) is 92.4 Å². The first-order valence-electron chi connectivity index (χ1n) is 20.3. The first-order chi connectivity index (χ1) is 26.9. The summed E-state index contributed by atoms with van der Waals surface area (Å²) in [6, 6.07) is 35.3. The van der Waals surface area contributed by atoms with Crippen LogP contribution in [0.25, 0.3) is 44.7 Å². The second kappa shape index (κ2) is 18.7. The van der Waals surface area contributed by atoms with Crippen molar-refractivity contribution in [2.24, 2.45) is 0 Å². The lowest BCUT2D eigenvalue weighted by Crippen LogP contribution is -2.51. The Hall–Kier alpha value is -4.34. The molecule has 6 aromatic rings. The molecule has 0 amide bonds. The van der Waals surface area contributed by atoms with Gasteiger partial charge in [0.15, 0.2) is 13.1 Å². The summed E-state index contributed by atoms with van der Waals surface area (Å²) in [6.45, 7) is 6.87. The third-order valence-corrected chi connectivity index (χ3v) is 13.3. The number of nitrogens with zero attached hydrogens (tertiary/aromatic N) is 6. The molecule has 0 unspecified atom stereocenters. The smallest absolute Gasteiger partial charge is 0.262 e. The van der Waals surface area contributed by atoms with E-state index in [0.717, 1.165) is 22.1 Å². The predicted octanol–water partition coefficient (Wildman–Crippen LogP) is 9.58. The van der Waals surface area contributed by atoms with Crippen LogP contribution in [-0.4, -0.2) is 91.5 Å². The number of anilines is 2. The van der Waals surface area contributed by atoms with Crippen LogP contribution in [0.15, 0.2) is 97.1 Å². The minimum atomic E-state index is 1.05. The summed E-state index contributed by atoms with van der Waals surface area (Å²) in [4.78, 5) is 4.29. The fourth-order valence-corrected chi connectivity index (χ4v) is 9.48. The number of thiazole rings is 2. The van der Waals surface area contributed by atoms with Crippen molar-refractivity contribution >= 4 is 78.8 Å². The van der Waals surface area contributed by atoms with E-state index < -0.39 is 0 Å². The van der Waals surface area contributed by atoms with Crippen molar-refractivity contribution < 1.29 is 18.1 Å². The summed E-state index contributed by atoms with van der Waals surface area (Å²) in [6.07, 6.45) is 13.9. The molecule has 6 rings (SSSR count). The Bertz CT molecular complexity index is 2060. The lowest BCUT2D eigenvalue weighted by Gasteiger charge is -2.35. The minimum Gasteiger partial charge on any atom is -0.378 e. The molecular formula is C48H64N6S2+4. The molecule has 8 heteroatoms. The third kappa shape index (κ3) is 11.2. The quantitative estimate of drug-likeness (QED) is 0.0462. The van der Waals surface area contributed by atoms with Gasteiger partial charge in [0.05, 0.1) is 41.3 Å². The van der Waals surface area contributed by atoms with Gasteiger partial charge in [0, 0.05) is 89.5 Å². The van der Waals surface area contributed by atoms with Gasteiger partial charge in [0.1, 0.15) is 22.5 Å². The maximum absolute atomic E-state index is 2.53. The number of aryl methyl sites for hydroxylation is 2. The largest absolute Gasteiger partial charge is 0.378 e. The molecule has 0 fully saturated rings. The Morgan fingerprint density at radius 1 is 0.464 bits per heavy atom. The second-order valence-electron chi connectivity index (χ2n) is 16.9. The zero-order valence-corrected chi connectivity index (χ0v) is 36.8. The number of hydrogen-bond acceptors (Lipinski definition) is 4. The Kier molecular flexibility index (Phi) is 13.8. The average molecular weight is 789 g/mol. The predicted molar refractivity (Wildman–Crippen MR) is 246 cm³/mol. The number of quaternary nitrogens is 2. The minimum absolute atomic E-state index is 1.05. The highest BCUT2D eigenvalue weighted by atomic mass is 32.1. The molecule has 2 aromatic heterocycles. The fourth-order valence-electron chi connectivity index (χ4n) is 7.30. The Morgan fingerprint density at radius 3 is 1.21 bits per heavy atom. The van der Waals surface area contributed by atoms with E-state index in [9.17, 15) is 0 Å². The van der Waals surface area contributed by atoms with Crippen molar-refractivity contribution in [3.05, 3.63) is 118 Å². The average Bonchev–Trinajstić information content (AvgIpc) is 3.73. The highest BCUT2D eigenvalue weighted by Crippen LogP contribution is 2.25. The number of benzene rings is 4. The van der Waals surface area contributed by atoms with E-state index in [1.165, 1.54) is 105 Å². The number of unbranched alkanes of at least 4 members (excludes halogenated alkanes) is 2. The Morgan fingerprint density at radius 2 is 0.839 bits per heavy atom. The molecule has 0 saturated carbocycles. The highest BCUT2D eigenvalue weighted by molar-refractivity contribution is 7.19. The Balaban J connectivity index is 0.977. The van der Waals surface area contributed by atoms with Gasteiger partial charge in [-0.1, -0.05) is 71.2 Å². The molecule has 6 nitrogen and oxygen atoms in total. The topological polar surface area (TPSA) is 14.2 Å². The number of likely N-dealkylation sites (N-methyl/N-ethyl adjacent to an activating group) is 2. The zero-order valence-electron chi connectivity index (χ0n) is 35.1. The van der Waals surface area contributed by atoms with Gasteiger partial charge in [-0.25, -0.2) is 0 Å². The molecule has 2 heterocycles. The van der Waals surface area contributed by atoms with Crippen LogP contribution < -0.4 is 18.9 Å². The van der Waals surface area contributed by atoms with Crippen molar-refractivity contribution in [3.8, 4) is 0 Å². The first kappa shape index (κ1) is 41.3. The summed E-state index contributed by atoms with van der Waals surface area (Å²) in [5, 5.41) is 2.64. The summed E-state index contributed by atoms with van der Waals surface area (Å²) in [5.41, 5.74) is 7.60. The van der Waals surface area contributed by atoms with Crippen LogP contribution in [0, 0.1) is 0 Å². The summed E-state index contributed by atoms with van der Waals surface area (Å²) in [5.74, 6) is 0. The van der Waals surface area contributed by atoms with E-state index in [0.29, 0.717) is 0 Å². The van der Waals surface area contributed by atoms with Gasteiger partial charge in [-0.05, 0) is 59.7 Å². The fraction of sp³-hybridized carbons (Fsp3) is 0.375. The van der Waals surface area contributed by atoms with Gasteiger partial charge >= 0.3 is 0 Å². The highest BCUT2D eigenvalue weighted by Gasteiger charge is 2.25. The molecule has 0 bridgehead atoms. The molecule has 0 saturated heterocycles. The number of hydrogen-bond donors (Lipinski definition) is 0. The van der Waals surface area contributed by atoms with Gasteiger partial charge in [-0.3, -0.25) is 0 Å². The molecule has 0 aliphatic carbocycles. The number of fused-ring (bicyclic) bond motifs is 2. The molecular weight excluding hydrogens is 725 g/mol. The Labute approximate surface area is 344 Å². The van der Waals surface area contributed by atoms with Crippen molar-refractivity contribution in [1.29, 1.82) is 0 Å². The zero-order chi connectivity index (χ0) is 39.7. The van der Waals surface area contributed by atoms with Crippen molar-refractivity contribution in [3.63, 3.8) is 0 Å². The van der Waals surface area contributed by atoms with Gasteiger partial charge in [0.2, 0.25) is 11.0 Å². The molecule has 0 spiro atoms. The van der Waals surface area contributed by atoms with Crippen LogP contribution in [0.5, 0.6) is 0 Å². The molecule has 0 N–H and O–H groups in total. The van der Waals surface area contributed by atoms with Gasteiger partial charge in [-0.2, -0.15) is 9.13 Å². The van der Waals surface area contributed by atoms with Crippen LogP contribution >= 0.6 is 22.7 Å². The van der Waals surface area contributed by atoms with E-state index in [1.807, 2.05) is 22.7 Å². The first-order valence-corrected chi connectivity index (χ1v) is 21.9. The van der Waals surface area contributed by atoms with Crippen molar-refractivity contribution in [2.45, 2.75) is 38.8 Å². The van der Waals surface area contributed by atoms with E-state index in [-0.39, 0.29) is 0 Å².